The summed E-state index contributed by atoms with van der Waals surface area (Å²) in [4.78, 5) is 27.9. The van der Waals surface area contributed by atoms with Crippen molar-refractivity contribution in [1.29, 1.82) is 0 Å². The fourth-order valence-electron chi connectivity index (χ4n) is 0.707. The molecule has 0 saturated carbocycles. The molecule has 0 rings (SSSR count). The van der Waals surface area contributed by atoms with E-state index in [1.54, 1.807) is 0 Å². The van der Waals surface area contributed by atoms with Gasteiger partial charge in [-0.1, -0.05) is 0 Å². The van der Waals surface area contributed by atoms with Crippen LogP contribution in [0.25, 0.3) is 0 Å². The number of aliphatic hydroxyl groups excluding tert-OH is 1. The van der Waals surface area contributed by atoms with E-state index in [2.05, 4.69) is 14.4 Å². The molecule has 1 N–H and O–H groups in total. The molecule has 0 amide bonds. The van der Waals surface area contributed by atoms with Gasteiger partial charge in [0.15, 0.2) is 0 Å². The third-order valence-corrected chi connectivity index (χ3v) is 1.14. The molecule has 0 saturated heterocycles. The molecule has 0 atom stereocenters. The van der Waals surface area contributed by atoms with Gasteiger partial charge in [0.1, 0.15) is 6.61 Å². The van der Waals surface area contributed by atoms with Crippen molar-refractivity contribution < 1.29 is 29.7 Å². The molecular weight excluding hydrogens is 216 g/mol. The van der Waals surface area contributed by atoms with Crippen molar-refractivity contribution in [1.82, 2.24) is 0 Å². The van der Waals surface area contributed by atoms with Gasteiger partial charge in [-0.2, -0.15) is 0 Å². The van der Waals surface area contributed by atoms with Gasteiger partial charge in [0, 0.05) is 0 Å². The molecule has 10 heteroatoms. The van der Waals surface area contributed by atoms with E-state index in [0.717, 1.165) is 6.92 Å². The van der Waals surface area contributed by atoms with Crippen LogP contribution in [0.4, 0.5) is 0 Å². The lowest BCUT2D eigenvalue weighted by Crippen LogP contribution is -2.41. The summed E-state index contributed by atoms with van der Waals surface area (Å²) in [5, 5.41) is 25.9. The molecule has 0 aliphatic heterocycles. The Balaban J connectivity index is 4.26. The lowest BCUT2D eigenvalue weighted by atomic mass is 10.3. The molecule has 10 nitrogen and oxygen atoms in total. The highest BCUT2D eigenvalue weighted by atomic mass is 17.1. The largest absolute Gasteiger partial charge is 0.394 e. The highest BCUT2D eigenvalue weighted by Crippen LogP contribution is 2.13. The summed E-state index contributed by atoms with van der Waals surface area (Å²) >= 11 is 0. The van der Waals surface area contributed by atoms with Gasteiger partial charge in [-0.15, -0.1) is 20.2 Å². The topological polar surface area (TPSA) is 134 Å². The summed E-state index contributed by atoms with van der Waals surface area (Å²) < 4.78 is 4.64. The number of hydrogen-bond donors (Lipinski definition) is 1. The van der Waals surface area contributed by atoms with Crippen molar-refractivity contribution >= 4 is 0 Å². The van der Waals surface area contributed by atoms with Crippen LogP contribution in [-0.2, 0) is 14.4 Å². The van der Waals surface area contributed by atoms with E-state index in [4.69, 9.17) is 5.11 Å². The fourth-order valence-corrected chi connectivity index (χ4v) is 0.707. The predicted molar refractivity (Wildman–Crippen MR) is 42.5 cm³/mol. The van der Waals surface area contributed by atoms with Crippen LogP contribution in [0, 0.1) is 20.2 Å². The average Bonchev–Trinajstić information content (AvgIpc) is 2.00. The molecule has 0 aromatic rings. The van der Waals surface area contributed by atoms with Crippen molar-refractivity contribution in [3.05, 3.63) is 20.2 Å². The first-order valence-corrected chi connectivity index (χ1v) is 3.75. The first-order chi connectivity index (χ1) is 6.89. The summed E-state index contributed by atoms with van der Waals surface area (Å²) in [7, 11) is 0. The van der Waals surface area contributed by atoms with Crippen LogP contribution in [-0.4, -0.2) is 40.9 Å². The van der Waals surface area contributed by atoms with Gasteiger partial charge >= 0.3 is 0 Å². The highest BCUT2D eigenvalue weighted by molar-refractivity contribution is 4.56. The standard InChI is InChI=1S/C5H10N2O8/c1-5(14-6(9)10,15-7(11)12)4-13-3-2-8/h8H,2-4H2,1H3. The highest BCUT2D eigenvalue weighted by Gasteiger charge is 2.34. The fraction of sp³-hybridized carbons (Fsp3) is 1.00. The molecular formula is C5H10N2O8. The van der Waals surface area contributed by atoms with Crippen molar-refractivity contribution in [2.45, 2.75) is 12.7 Å². The Hall–Kier alpha value is -1.68. The monoisotopic (exact) mass is 226 g/mol. The van der Waals surface area contributed by atoms with E-state index in [1.165, 1.54) is 0 Å². The Labute approximate surface area is 83.5 Å². The second-order valence-electron chi connectivity index (χ2n) is 2.54. The summed E-state index contributed by atoms with van der Waals surface area (Å²) in [6.07, 6.45) is 0. The number of rotatable bonds is 8. The van der Waals surface area contributed by atoms with Crippen LogP contribution in [0.3, 0.4) is 0 Å². The first-order valence-electron chi connectivity index (χ1n) is 3.75. The molecule has 0 heterocycles. The Kier molecular flexibility index (Phi) is 5.26. The lowest BCUT2D eigenvalue weighted by molar-refractivity contribution is -0.871. The van der Waals surface area contributed by atoms with E-state index in [9.17, 15) is 20.2 Å². The van der Waals surface area contributed by atoms with E-state index in [0.29, 0.717) is 0 Å². The van der Waals surface area contributed by atoms with E-state index >= 15 is 0 Å². The molecule has 0 aliphatic rings. The van der Waals surface area contributed by atoms with Gasteiger partial charge in [-0.05, 0) is 6.92 Å². The molecule has 0 radical (unpaired) electrons. The Morgan fingerprint density at radius 3 is 2.07 bits per heavy atom. The normalized spacial score (nSPS) is 10.8. The molecule has 0 spiro atoms. The maximum Gasteiger partial charge on any atom is 0.297 e. The average molecular weight is 226 g/mol. The summed E-state index contributed by atoms with van der Waals surface area (Å²) in [5.41, 5.74) is 0. The van der Waals surface area contributed by atoms with Crippen molar-refractivity contribution in [3.63, 3.8) is 0 Å². The second kappa shape index (κ2) is 5.93. The summed E-state index contributed by atoms with van der Waals surface area (Å²) in [6.45, 7) is -0.0593. The lowest BCUT2D eigenvalue weighted by Gasteiger charge is -2.23. The van der Waals surface area contributed by atoms with Gasteiger partial charge in [-0.3, -0.25) is 9.68 Å². The Morgan fingerprint density at radius 2 is 1.73 bits per heavy atom. The third-order valence-electron chi connectivity index (χ3n) is 1.14. The molecule has 88 valence electrons. The van der Waals surface area contributed by atoms with Crippen LogP contribution in [0.2, 0.25) is 0 Å². The maximum atomic E-state index is 10.0. The van der Waals surface area contributed by atoms with Gasteiger partial charge in [-0.25, -0.2) is 0 Å². The zero-order chi connectivity index (χ0) is 11.9. The number of aliphatic hydroxyl groups is 1. The van der Waals surface area contributed by atoms with Crippen LogP contribution in [0.1, 0.15) is 6.92 Å². The molecule has 15 heavy (non-hydrogen) atoms. The van der Waals surface area contributed by atoms with Gasteiger partial charge in [0.2, 0.25) is 0 Å². The molecule has 0 aromatic carbocycles. The van der Waals surface area contributed by atoms with Crippen LogP contribution < -0.4 is 0 Å². The number of ether oxygens (including phenoxy) is 1. The van der Waals surface area contributed by atoms with Crippen molar-refractivity contribution in [2.75, 3.05) is 19.8 Å². The minimum atomic E-state index is -2.14. The van der Waals surface area contributed by atoms with E-state index < -0.39 is 22.6 Å². The van der Waals surface area contributed by atoms with Crippen molar-refractivity contribution in [3.8, 4) is 0 Å². The van der Waals surface area contributed by atoms with Crippen LogP contribution in [0.15, 0.2) is 0 Å². The minimum Gasteiger partial charge on any atom is -0.394 e. The van der Waals surface area contributed by atoms with Crippen LogP contribution >= 0.6 is 0 Å². The molecule has 0 bridgehead atoms. The zero-order valence-corrected chi connectivity index (χ0v) is 7.82. The number of hydrogen-bond acceptors (Lipinski definition) is 8. The number of nitrogens with zero attached hydrogens (tertiary/aromatic N) is 2. The molecule has 0 aromatic heterocycles. The molecule has 0 aliphatic carbocycles. The first kappa shape index (κ1) is 13.3. The third kappa shape index (κ3) is 6.40. The van der Waals surface area contributed by atoms with Crippen molar-refractivity contribution in [2.24, 2.45) is 0 Å². The summed E-state index contributed by atoms with van der Waals surface area (Å²) in [6, 6.07) is 0. The Morgan fingerprint density at radius 1 is 1.27 bits per heavy atom. The maximum absolute atomic E-state index is 10.0. The molecule has 0 fully saturated rings. The van der Waals surface area contributed by atoms with Gasteiger partial charge < -0.3 is 9.84 Å². The predicted octanol–water partition coefficient (Wildman–Crippen LogP) is -0.872. The smallest absolute Gasteiger partial charge is 0.297 e. The SMILES string of the molecule is CC(COCCO)(O[N+](=O)[O-])O[N+](=O)[O-]. The van der Waals surface area contributed by atoms with Gasteiger partial charge in [0.25, 0.3) is 16.0 Å². The molecule has 0 unspecified atom stereocenters. The quantitative estimate of drug-likeness (QED) is 0.244. The Bertz CT molecular complexity index is 215. The van der Waals surface area contributed by atoms with Gasteiger partial charge in [0.05, 0.1) is 13.2 Å². The zero-order valence-electron chi connectivity index (χ0n) is 7.82. The minimum absolute atomic E-state index is 0.141. The summed E-state index contributed by atoms with van der Waals surface area (Å²) in [5.74, 6) is -2.14. The second-order valence-corrected chi connectivity index (χ2v) is 2.54. The van der Waals surface area contributed by atoms with E-state index in [1.807, 2.05) is 0 Å². The van der Waals surface area contributed by atoms with E-state index in [-0.39, 0.29) is 13.2 Å². The van der Waals surface area contributed by atoms with Crippen LogP contribution in [0.5, 0.6) is 0 Å².